The van der Waals surface area contributed by atoms with Crippen LogP contribution in [-0.4, -0.2) is 62.3 Å². The molecule has 0 saturated heterocycles. The van der Waals surface area contributed by atoms with Gasteiger partial charge >= 0.3 is 0 Å². The summed E-state index contributed by atoms with van der Waals surface area (Å²) in [7, 11) is 1.81. The molecule has 5 heteroatoms. The largest absolute Gasteiger partial charge is 0.379 e. The summed E-state index contributed by atoms with van der Waals surface area (Å²) in [5, 5.41) is 6.68. The third-order valence-electron chi connectivity index (χ3n) is 3.28. The summed E-state index contributed by atoms with van der Waals surface area (Å²) in [6.07, 6.45) is 1.30. The Morgan fingerprint density at radius 2 is 1.57 bits per heavy atom. The first kappa shape index (κ1) is 20.2. The maximum absolute atomic E-state index is 5.52. The molecular weight excluding hydrogens is 264 g/mol. The smallest absolute Gasteiger partial charge is 0.191 e. The van der Waals surface area contributed by atoms with Crippen molar-refractivity contribution in [3.05, 3.63) is 0 Å². The van der Waals surface area contributed by atoms with Gasteiger partial charge in [-0.1, -0.05) is 0 Å². The van der Waals surface area contributed by atoms with Crippen LogP contribution in [0.25, 0.3) is 0 Å². The summed E-state index contributed by atoms with van der Waals surface area (Å²) in [4.78, 5) is 6.71. The summed E-state index contributed by atoms with van der Waals surface area (Å²) in [6.45, 7) is 16.7. The summed E-state index contributed by atoms with van der Waals surface area (Å²) in [6, 6.07) is 1.13. The molecule has 0 aromatic rings. The van der Waals surface area contributed by atoms with Crippen LogP contribution in [0.3, 0.4) is 0 Å². The number of nitrogens with one attached hydrogen (secondary N) is 2. The van der Waals surface area contributed by atoms with E-state index in [1.54, 1.807) is 0 Å². The first-order valence-electron chi connectivity index (χ1n) is 8.20. The number of ether oxygens (including phenoxy) is 1. The fourth-order valence-corrected chi connectivity index (χ4v) is 2.23. The van der Waals surface area contributed by atoms with Crippen LogP contribution in [-0.2, 0) is 4.74 Å². The van der Waals surface area contributed by atoms with Gasteiger partial charge in [0.1, 0.15) is 0 Å². The molecule has 0 aliphatic heterocycles. The van der Waals surface area contributed by atoms with E-state index in [0.29, 0.717) is 18.2 Å². The number of nitrogens with zero attached hydrogens (tertiary/aromatic N) is 2. The number of rotatable bonds is 10. The molecule has 2 N–H and O–H groups in total. The Hall–Kier alpha value is -0.810. The van der Waals surface area contributed by atoms with E-state index >= 15 is 0 Å². The molecule has 0 spiro atoms. The van der Waals surface area contributed by atoms with Gasteiger partial charge in [0, 0.05) is 45.4 Å². The van der Waals surface area contributed by atoms with Gasteiger partial charge in [0.15, 0.2) is 5.96 Å². The first-order valence-corrected chi connectivity index (χ1v) is 8.20. The van der Waals surface area contributed by atoms with Crippen LogP contribution in [0.1, 0.15) is 48.0 Å². The highest BCUT2D eigenvalue weighted by molar-refractivity contribution is 5.79. The molecule has 0 amide bonds. The van der Waals surface area contributed by atoms with Gasteiger partial charge in [0.05, 0.1) is 6.10 Å². The molecule has 126 valence electrons. The van der Waals surface area contributed by atoms with E-state index in [1.165, 1.54) is 0 Å². The van der Waals surface area contributed by atoms with E-state index in [2.05, 4.69) is 62.1 Å². The number of aliphatic imine (C=N–C) groups is 1. The van der Waals surface area contributed by atoms with Gasteiger partial charge in [-0.15, -0.1) is 0 Å². The summed E-state index contributed by atoms with van der Waals surface area (Å²) >= 11 is 0. The highest BCUT2D eigenvalue weighted by atomic mass is 16.5. The van der Waals surface area contributed by atoms with E-state index in [4.69, 9.17) is 4.74 Å². The molecule has 0 atom stereocenters. The van der Waals surface area contributed by atoms with E-state index in [9.17, 15) is 0 Å². The van der Waals surface area contributed by atoms with Crippen LogP contribution in [0.5, 0.6) is 0 Å². The van der Waals surface area contributed by atoms with Crippen molar-refractivity contribution < 1.29 is 4.74 Å². The van der Waals surface area contributed by atoms with Crippen molar-refractivity contribution >= 4 is 5.96 Å². The fourth-order valence-electron chi connectivity index (χ4n) is 2.23. The van der Waals surface area contributed by atoms with Crippen molar-refractivity contribution in [3.8, 4) is 0 Å². The van der Waals surface area contributed by atoms with Gasteiger partial charge in [0.25, 0.3) is 0 Å². The van der Waals surface area contributed by atoms with Crippen molar-refractivity contribution in [1.82, 2.24) is 15.5 Å². The second-order valence-electron chi connectivity index (χ2n) is 6.12. The fraction of sp³-hybridized carbons (Fsp3) is 0.938. The van der Waals surface area contributed by atoms with Gasteiger partial charge in [0.2, 0.25) is 0 Å². The third-order valence-corrected chi connectivity index (χ3v) is 3.28. The Bertz CT molecular complexity index is 269. The van der Waals surface area contributed by atoms with Crippen molar-refractivity contribution in [2.75, 3.05) is 33.3 Å². The van der Waals surface area contributed by atoms with Crippen LogP contribution >= 0.6 is 0 Å². The zero-order chi connectivity index (χ0) is 16.3. The molecule has 0 unspecified atom stereocenters. The monoisotopic (exact) mass is 300 g/mol. The van der Waals surface area contributed by atoms with Crippen molar-refractivity contribution in [1.29, 1.82) is 0 Å². The predicted molar refractivity (Wildman–Crippen MR) is 92.0 cm³/mol. The topological polar surface area (TPSA) is 48.9 Å². The van der Waals surface area contributed by atoms with Crippen LogP contribution in [0.2, 0.25) is 0 Å². The molecule has 5 nitrogen and oxygen atoms in total. The van der Waals surface area contributed by atoms with Crippen LogP contribution in [0.4, 0.5) is 0 Å². The van der Waals surface area contributed by atoms with Crippen LogP contribution < -0.4 is 10.6 Å². The lowest BCUT2D eigenvalue weighted by molar-refractivity contribution is 0.0776. The SMILES string of the molecule is CN=C(NCCCOC(C)C)NCCN(C(C)C)C(C)C. The normalized spacial score (nSPS) is 12.8. The average Bonchev–Trinajstić information content (AvgIpc) is 2.39. The molecule has 0 bridgehead atoms. The molecule has 0 aliphatic rings. The molecular formula is C16H36N4O. The molecule has 0 saturated carbocycles. The van der Waals surface area contributed by atoms with E-state index in [-0.39, 0.29) is 0 Å². The van der Waals surface area contributed by atoms with Gasteiger partial charge < -0.3 is 15.4 Å². The second kappa shape index (κ2) is 11.8. The lowest BCUT2D eigenvalue weighted by Crippen LogP contribution is -2.45. The summed E-state index contributed by atoms with van der Waals surface area (Å²) in [5.74, 6) is 0.868. The Labute approximate surface area is 131 Å². The third kappa shape index (κ3) is 10.5. The van der Waals surface area contributed by atoms with E-state index < -0.39 is 0 Å². The van der Waals surface area contributed by atoms with Gasteiger partial charge in [-0.3, -0.25) is 9.89 Å². The minimum atomic E-state index is 0.306. The second-order valence-corrected chi connectivity index (χ2v) is 6.12. The minimum Gasteiger partial charge on any atom is -0.379 e. The molecule has 21 heavy (non-hydrogen) atoms. The Morgan fingerprint density at radius 1 is 1.00 bits per heavy atom. The first-order chi connectivity index (χ1) is 9.88. The zero-order valence-corrected chi connectivity index (χ0v) is 15.1. The molecule has 0 rings (SSSR count). The van der Waals surface area contributed by atoms with Gasteiger partial charge in [-0.05, 0) is 48.0 Å². The molecule has 0 fully saturated rings. The number of guanidine groups is 1. The van der Waals surface area contributed by atoms with Crippen molar-refractivity contribution in [3.63, 3.8) is 0 Å². The highest BCUT2D eigenvalue weighted by Crippen LogP contribution is 2.03. The summed E-state index contributed by atoms with van der Waals surface area (Å²) < 4.78 is 5.52. The number of hydrogen-bond donors (Lipinski definition) is 2. The van der Waals surface area contributed by atoms with Crippen molar-refractivity contribution in [2.24, 2.45) is 4.99 Å². The Kier molecular flexibility index (Phi) is 11.4. The van der Waals surface area contributed by atoms with E-state index in [1.807, 2.05) is 7.05 Å². The zero-order valence-electron chi connectivity index (χ0n) is 15.1. The Balaban J connectivity index is 3.85. The van der Waals surface area contributed by atoms with Crippen molar-refractivity contribution in [2.45, 2.75) is 66.2 Å². The maximum Gasteiger partial charge on any atom is 0.191 e. The van der Waals surface area contributed by atoms with Gasteiger partial charge in [-0.25, -0.2) is 0 Å². The molecule has 0 heterocycles. The minimum absolute atomic E-state index is 0.306. The lowest BCUT2D eigenvalue weighted by Gasteiger charge is -2.30. The van der Waals surface area contributed by atoms with Crippen LogP contribution in [0, 0.1) is 0 Å². The molecule has 0 aromatic heterocycles. The molecule has 0 aromatic carbocycles. The summed E-state index contributed by atoms with van der Waals surface area (Å²) in [5.41, 5.74) is 0. The highest BCUT2D eigenvalue weighted by Gasteiger charge is 2.12. The average molecular weight is 300 g/mol. The number of hydrogen-bond acceptors (Lipinski definition) is 3. The Morgan fingerprint density at radius 3 is 2.05 bits per heavy atom. The van der Waals surface area contributed by atoms with E-state index in [0.717, 1.165) is 38.6 Å². The molecule has 0 radical (unpaired) electrons. The van der Waals surface area contributed by atoms with Gasteiger partial charge in [-0.2, -0.15) is 0 Å². The quantitative estimate of drug-likeness (QED) is 0.368. The predicted octanol–water partition coefficient (Wildman–Crippen LogP) is 2.09. The lowest BCUT2D eigenvalue weighted by atomic mass is 10.2. The standard InChI is InChI=1S/C16H36N4O/c1-13(2)20(14(3)4)11-10-19-16(17-7)18-9-8-12-21-15(5)6/h13-15H,8-12H2,1-7H3,(H2,17,18,19). The van der Waals surface area contributed by atoms with Crippen LogP contribution in [0.15, 0.2) is 4.99 Å². The molecule has 0 aliphatic carbocycles. The maximum atomic E-state index is 5.52.